The van der Waals surface area contributed by atoms with Crippen molar-refractivity contribution in [2.75, 3.05) is 31.1 Å². The number of alkyl halides is 3. The van der Waals surface area contributed by atoms with Crippen LogP contribution >= 0.6 is 11.6 Å². The average molecular weight is 451 g/mol. The van der Waals surface area contributed by atoms with Gasteiger partial charge in [-0.2, -0.15) is 13.2 Å². The number of aromatic nitrogens is 2. The van der Waals surface area contributed by atoms with Crippen LogP contribution in [0.3, 0.4) is 0 Å². The summed E-state index contributed by atoms with van der Waals surface area (Å²) in [5.41, 5.74) is 0.698. The molecule has 0 amide bonds. The molecule has 1 saturated heterocycles. The van der Waals surface area contributed by atoms with E-state index in [2.05, 4.69) is 4.90 Å². The fraction of sp³-hybridized carbons (Fsp3) is 0.318. The average Bonchev–Trinajstić information content (AvgIpc) is 2.97. The molecule has 0 saturated carbocycles. The zero-order valence-electron chi connectivity index (χ0n) is 16.9. The third-order valence-corrected chi connectivity index (χ3v) is 6.00. The van der Waals surface area contributed by atoms with Crippen LogP contribution in [-0.2, 0) is 19.8 Å². The number of halogens is 4. The van der Waals surface area contributed by atoms with Gasteiger partial charge >= 0.3 is 6.18 Å². The van der Waals surface area contributed by atoms with Crippen LogP contribution in [0.15, 0.2) is 59.4 Å². The van der Waals surface area contributed by atoms with E-state index in [1.54, 1.807) is 22.7 Å². The molecule has 0 spiro atoms. The van der Waals surface area contributed by atoms with E-state index in [1.165, 1.54) is 16.8 Å². The van der Waals surface area contributed by atoms with Crippen molar-refractivity contribution in [2.45, 2.75) is 12.7 Å². The molecule has 1 aromatic heterocycles. The molecule has 4 rings (SSSR count). The number of benzene rings is 2. The molecule has 1 fully saturated rings. The largest absolute Gasteiger partial charge is 0.418 e. The first kappa shape index (κ1) is 21.5. The molecule has 1 aliphatic rings. The lowest BCUT2D eigenvalue weighted by atomic mass is 10.1. The van der Waals surface area contributed by atoms with Crippen molar-refractivity contribution in [3.05, 3.63) is 81.2 Å². The normalized spacial score (nSPS) is 15.5. The topological polar surface area (TPSA) is 33.4 Å². The first-order valence-electron chi connectivity index (χ1n) is 9.92. The number of nitrogens with zero attached hydrogens (tertiary/aromatic N) is 4. The van der Waals surface area contributed by atoms with Crippen LogP contribution in [0.1, 0.15) is 11.3 Å². The van der Waals surface area contributed by atoms with Crippen LogP contribution in [0.25, 0.3) is 5.69 Å². The summed E-state index contributed by atoms with van der Waals surface area (Å²) in [4.78, 5) is 16.6. The van der Waals surface area contributed by atoms with Gasteiger partial charge in [0.05, 0.1) is 16.9 Å². The summed E-state index contributed by atoms with van der Waals surface area (Å²) in [6.45, 7) is 2.48. The number of hydrogen-bond acceptors (Lipinski definition) is 3. The lowest BCUT2D eigenvalue weighted by Gasteiger charge is -2.37. The van der Waals surface area contributed by atoms with E-state index in [0.717, 1.165) is 11.8 Å². The molecule has 31 heavy (non-hydrogen) atoms. The highest BCUT2D eigenvalue weighted by molar-refractivity contribution is 6.31. The minimum atomic E-state index is -4.39. The molecule has 0 unspecified atom stereocenters. The van der Waals surface area contributed by atoms with E-state index in [0.29, 0.717) is 38.4 Å². The van der Waals surface area contributed by atoms with E-state index < -0.39 is 11.7 Å². The Bertz CT molecular complexity index is 1120. The molecule has 0 N–H and O–H groups in total. The highest BCUT2D eigenvalue weighted by Crippen LogP contribution is 2.36. The van der Waals surface area contributed by atoms with E-state index >= 15 is 0 Å². The zero-order chi connectivity index (χ0) is 22.2. The lowest BCUT2D eigenvalue weighted by molar-refractivity contribution is -0.137. The first-order valence-corrected chi connectivity index (χ1v) is 10.3. The van der Waals surface area contributed by atoms with E-state index in [1.807, 2.05) is 30.3 Å². The van der Waals surface area contributed by atoms with Crippen LogP contribution in [-0.4, -0.2) is 40.4 Å². The summed E-state index contributed by atoms with van der Waals surface area (Å²) in [6.07, 6.45) is -4.39. The van der Waals surface area contributed by atoms with Gasteiger partial charge in [-0.05, 0) is 24.3 Å². The second kappa shape index (κ2) is 8.43. The van der Waals surface area contributed by atoms with Gasteiger partial charge in [-0.1, -0.05) is 41.9 Å². The number of hydrogen-bond donors (Lipinski definition) is 0. The molecule has 164 valence electrons. The predicted octanol–water partition coefficient (Wildman–Crippen LogP) is 4.17. The van der Waals surface area contributed by atoms with Gasteiger partial charge in [-0.15, -0.1) is 0 Å². The van der Waals surface area contributed by atoms with Crippen LogP contribution in [0.5, 0.6) is 0 Å². The molecule has 3 aromatic rings. The van der Waals surface area contributed by atoms with Crippen LogP contribution in [0, 0.1) is 0 Å². The highest BCUT2D eigenvalue weighted by atomic mass is 35.5. The molecular formula is C22H22ClF3N4O. The molecule has 1 aliphatic heterocycles. The standard InChI is InChI=1S/C22H22ClF3N4O/c1-27-19(20(23)21(31)30(27)16-7-3-2-4-8-16)15-28-11-13-29(14-12-28)18-10-6-5-9-17(18)22(24,25)26/h2-10H,11-15H2,1H3. The monoisotopic (exact) mass is 450 g/mol. The summed E-state index contributed by atoms with van der Waals surface area (Å²) in [7, 11) is 1.78. The van der Waals surface area contributed by atoms with Crippen molar-refractivity contribution >= 4 is 17.3 Å². The van der Waals surface area contributed by atoms with Crippen molar-refractivity contribution in [1.82, 2.24) is 14.3 Å². The quantitative estimate of drug-likeness (QED) is 0.598. The minimum absolute atomic E-state index is 0.163. The molecule has 0 bridgehead atoms. The summed E-state index contributed by atoms with van der Waals surface area (Å²) in [6, 6.07) is 14.9. The Morgan fingerprint density at radius 1 is 0.935 bits per heavy atom. The maximum atomic E-state index is 13.4. The molecule has 0 aliphatic carbocycles. The van der Waals surface area contributed by atoms with Gasteiger partial charge in [0.25, 0.3) is 5.56 Å². The summed E-state index contributed by atoms with van der Waals surface area (Å²) < 4.78 is 43.3. The van der Waals surface area contributed by atoms with Gasteiger partial charge < -0.3 is 4.90 Å². The Labute approximate surface area is 182 Å². The van der Waals surface area contributed by atoms with Crippen molar-refractivity contribution in [3.8, 4) is 5.69 Å². The molecule has 5 nitrogen and oxygen atoms in total. The minimum Gasteiger partial charge on any atom is -0.368 e. The Morgan fingerprint density at radius 3 is 2.19 bits per heavy atom. The Hall–Kier alpha value is -2.71. The summed E-state index contributed by atoms with van der Waals surface area (Å²) >= 11 is 6.37. The number of rotatable bonds is 4. The molecule has 0 radical (unpaired) electrons. The predicted molar refractivity (Wildman–Crippen MR) is 115 cm³/mol. The maximum absolute atomic E-state index is 13.4. The second-order valence-corrected chi connectivity index (χ2v) is 7.89. The van der Waals surface area contributed by atoms with Crippen molar-refractivity contribution in [2.24, 2.45) is 7.05 Å². The number of piperazine rings is 1. The maximum Gasteiger partial charge on any atom is 0.418 e. The lowest BCUT2D eigenvalue weighted by Crippen LogP contribution is -2.46. The van der Waals surface area contributed by atoms with Gasteiger partial charge in [0.1, 0.15) is 5.02 Å². The van der Waals surface area contributed by atoms with E-state index in [9.17, 15) is 18.0 Å². The zero-order valence-corrected chi connectivity index (χ0v) is 17.7. The summed E-state index contributed by atoms with van der Waals surface area (Å²) in [5, 5.41) is 0.163. The molecule has 2 heterocycles. The Balaban J connectivity index is 1.50. The Kier molecular flexibility index (Phi) is 5.85. The third-order valence-electron chi connectivity index (χ3n) is 5.62. The number of para-hydroxylation sites is 2. The highest BCUT2D eigenvalue weighted by Gasteiger charge is 2.35. The number of anilines is 1. The van der Waals surface area contributed by atoms with Gasteiger partial charge in [0.15, 0.2) is 0 Å². The SMILES string of the molecule is Cn1c(CN2CCN(c3ccccc3C(F)(F)F)CC2)c(Cl)c(=O)n1-c1ccccc1. The molecular weight excluding hydrogens is 429 g/mol. The first-order chi connectivity index (χ1) is 14.8. The third kappa shape index (κ3) is 4.22. The van der Waals surface area contributed by atoms with Gasteiger partial charge in [-0.3, -0.25) is 14.4 Å². The molecule has 0 atom stereocenters. The van der Waals surface area contributed by atoms with Crippen molar-refractivity contribution in [3.63, 3.8) is 0 Å². The van der Waals surface area contributed by atoms with Gasteiger partial charge in [0.2, 0.25) is 0 Å². The van der Waals surface area contributed by atoms with Crippen LogP contribution < -0.4 is 10.5 Å². The second-order valence-electron chi connectivity index (χ2n) is 7.51. The fourth-order valence-corrected chi connectivity index (χ4v) is 4.26. The summed E-state index contributed by atoms with van der Waals surface area (Å²) in [5.74, 6) is 0. The van der Waals surface area contributed by atoms with Gasteiger partial charge in [0, 0.05) is 45.5 Å². The fourth-order valence-electron chi connectivity index (χ4n) is 3.99. The van der Waals surface area contributed by atoms with Gasteiger partial charge in [-0.25, -0.2) is 4.68 Å². The molecule has 9 heteroatoms. The van der Waals surface area contributed by atoms with Crippen LogP contribution in [0.4, 0.5) is 18.9 Å². The van der Waals surface area contributed by atoms with E-state index in [-0.39, 0.29) is 16.3 Å². The van der Waals surface area contributed by atoms with Crippen molar-refractivity contribution in [1.29, 1.82) is 0 Å². The molecule has 2 aromatic carbocycles. The van der Waals surface area contributed by atoms with E-state index in [4.69, 9.17) is 11.6 Å². The smallest absolute Gasteiger partial charge is 0.368 e. The van der Waals surface area contributed by atoms with Crippen LogP contribution in [0.2, 0.25) is 5.02 Å². The Morgan fingerprint density at radius 2 is 1.55 bits per heavy atom. The van der Waals surface area contributed by atoms with Crippen molar-refractivity contribution < 1.29 is 13.2 Å².